The van der Waals surface area contributed by atoms with E-state index in [-0.39, 0.29) is 0 Å². The van der Waals surface area contributed by atoms with Gasteiger partial charge in [0.05, 0.1) is 34.2 Å². The van der Waals surface area contributed by atoms with E-state index >= 15 is 0 Å². The fourth-order valence-electron chi connectivity index (χ4n) is 5.83. The number of rotatable bonds is 7. The summed E-state index contributed by atoms with van der Waals surface area (Å²) in [5.41, 5.74) is 12.1. The highest BCUT2D eigenvalue weighted by molar-refractivity contribution is 5.84. The molecule has 0 bridgehead atoms. The van der Waals surface area contributed by atoms with Gasteiger partial charge in [-0.1, -0.05) is 127 Å². The van der Waals surface area contributed by atoms with E-state index in [9.17, 15) is 0 Å². The van der Waals surface area contributed by atoms with Crippen LogP contribution in [0.25, 0.3) is 78.9 Å². The van der Waals surface area contributed by atoms with E-state index in [0.717, 1.165) is 73.1 Å². The molecular weight excluding hydrogens is 587 g/mol. The summed E-state index contributed by atoms with van der Waals surface area (Å²) in [5, 5.41) is 0. The number of aromatic nitrogens is 5. The smallest absolute Gasteiger partial charge is 0.160 e. The van der Waals surface area contributed by atoms with Crippen molar-refractivity contribution in [3.63, 3.8) is 0 Å². The van der Waals surface area contributed by atoms with Crippen molar-refractivity contribution in [2.24, 2.45) is 0 Å². The van der Waals surface area contributed by atoms with Gasteiger partial charge >= 0.3 is 0 Å². The van der Waals surface area contributed by atoms with Crippen LogP contribution in [0.15, 0.2) is 176 Å². The van der Waals surface area contributed by atoms with Crippen LogP contribution in [0, 0.1) is 0 Å². The summed E-state index contributed by atoms with van der Waals surface area (Å²) in [6.45, 7) is 0. The molecule has 4 heterocycles. The molecule has 0 fully saturated rings. The first-order chi connectivity index (χ1) is 23.8. The Morgan fingerprint density at radius 3 is 1.52 bits per heavy atom. The van der Waals surface area contributed by atoms with Crippen LogP contribution >= 0.6 is 0 Å². The van der Waals surface area contributed by atoms with Crippen molar-refractivity contribution in [3.05, 3.63) is 176 Å². The van der Waals surface area contributed by atoms with Crippen LogP contribution in [0.5, 0.6) is 0 Å². The van der Waals surface area contributed by atoms with Crippen molar-refractivity contribution < 1.29 is 0 Å². The lowest BCUT2D eigenvalue weighted by atomic mass is 9.97. The van der Waals surface area contributed by atoms with Gasteiger partial charge in [-0.3, -0.25) is 9.97 Å². The minimum Gasteiger partial charge on any atom is -0.255 e. The van der Waals surface area contributed by atoms with E-state index in [1.165, 1.54) is 0 Å². The standard InChI is InChI=1S/C43H29N5/c1-4-14-30(15-5-1)34-26-41(37-22-12-13-25-44-37)46-42(27-34)38-24-23-33(29-45-38)35-20-10-11-21-36(35)40-28-39(31-16-6-2-7-17-31)47-43(48-40)32-18-8-3-9-19-32/h1-29H. The molecule has 8 rings (SSSR count). The van der Waals surface area contributed by atoms with E-state index in [1.54, 1.807) is 6.20 Å². The van der Waals surface area contributed by atoms with Crippen molar-refractivity contribution in [1.29, 1.82) is 0 Å². The van der Waals surface area contributed by atoms with Gasteiger partial charge in [-0.05, 0) is 53.1 Å². The largest absolute Gasteiger partial charge is 0.255 e. The Hall–Kier alpha value is -6.59. The fourth-order valence-corrected chi connectivity index (χ4v) is 5.83. The zero-order chi connectivity index (χ0) is 32.1. The van der Waals surface area contributed by atoms with E-state index < -0.39 is 0 Å². The third-order valence-corrected chi connectivity index (χ3v) is 8.23. The summed E-state index contributed by atoms with van der Waals surface area (Å²) in [6, 6.07) is 55.3. The lowest BCUT2D eigenvalue weighted by Gasteiger charge is -2.13. The SMILES string of the molecule is c1ccc(-c2cc(-c3ccccn3)nc(-c3ccc(-c4ccccc4-c4cc(-c5ccccc5)nc(-c5ccccc5)n4)cn3)c2)cc1. The average molecular weight is 616 g/mol. The second kappa shape index (κ2) is 13.0. The van der Waals surface area contributed by atoms with Crippen molar-refractivity contribution >= 4 is 0 Å². The molecule has 0 N–H and O–H groups in total. The second-order valence-corrected chi connectivity index (χ2v) is 11.4. The molecule has 0 radical (unpaired) electrons. The van der Waals surface area contributed by atoms with Crippen LogP contribution in [0.3, 0.4) is 0 Å². The zero-order valence-corrected chi connectivity index (χ0v) is 26.0. The third kappa shape index (κ3) is 6.00. The summed E-state index contributed by atoms with van der Waals surface area (Å²) in [4.78, 5) is 24.6. The van der Waals surface area contributed by atoms with E-state index in [1.807, 2.05) is 109 Å². The Morgan fingerprint density at radius 1 is 0.292 bits per heavy atom. The highest BCUT2D eigenvalue weighted by Crippen LogP contribution is 2.35. The minimum atomic E-state index is 0.684. The predicted molar refractivity (Wildman–Crippen MR) is 193 cm³/mol. The lowest BCUT2D eigenvalue weighted by molar-refractivity contribution is 1.18. The molecule has 0 saturated heterocycles. The molecule has 48 heavy (non-hydrogen) atoms. The molecule has 0 aliphatic rings. The zero-order valence-electron chi connectivity index (χ0n) is 26.0. The molecule has 226 valence electrons. The molecular formula is C43H29N5. The molecule has 0 atom stereocenters. The second-order valence-electron chi connectivity index (χ2n) is 11.4. The number of nitrogens with zero attached hydrogens (tertiary/aromatic N) is 5. The normalized spacial score (nSPS) is 10.9. The van der Waals surface area contributed by atoms with Crippen LogP contribution in [0.4, 0.5) is 0 Å². The summed E-state index contributed by atoms with van der Waals surface area (Å²) in [7, 11) is 0. The summed E-state index contributed by atoms with van der Waals surface area (Å²) in [6.07, 6.45) is 3.71. The molecule has 8 aromatic rings. The van der Waals surface area contributed by atoms with Crippen molar-refractivity contribution in [3.8, 4) is 78.9 Å². The molecule has 0 amide bonds. The van der Waals surface area contributed by atoms with E-state index in [4.69, 9.17) is 19.9 Å². The maximum absolute atomic E-state index is 5.08. The highest BCUT2D eigenvalue weighted by Gasteiger charge is 2.15. The number of pyridine rings is 3. The van der Waals surface area contributed by atoms with Crippen LogP contribution in [0.2, 0.25) is 0 Å². The van der Waals surface area contributed by atoms with Gasteiger partial charge in [-0.15, -0.1) is 0 Å². The maximum atomic E-state index is 5.08. The first-order valence-electron chi connectivity index (χ1n) is 15.8. The molecule has 0 aliphatic heterocycles. The molecule has 5 nitrogen and oxygen atoms in total. The first kappa shape index (κ1) is 28.9. The van der Waals surface area contributed by atoms with Crippen molar-refractivity contribution in [2.75, 3.05) is 0 Å². The summed E-state index contributed by atoms with van der Waals surface area (Å²) < 4.78 is 0. The molecule has 5 heteroatoms. The van der Waals surface area contributed by atoms with Gasteiger partial charge in [0.1, 0.15) is 0 Å². The van der Waals surface area contributed by atoms with E-state index in [2.05, 4.69) is 65.6 Å². The highest BCUT2D eigenvalue weighted by atomic mass is 14.9. The van der Waals surface area contributed by atoms with Gasteiger partial charge in [0.25, 0.3) is 0 Å². The molecule has 4 aromatic carbocycles. The molecule has 4 aromatic heterocycles. The lowest BCUT2D eigenvalue weighted by Crippen LogP contribution is -1.97. The summed E-state index contributed by atoms with van der Waals surface area (Å²) in [5.74, 6) is 0.684. The van der Waals surface area contributed by atoms with Gasteiger partial charge in [-0.25, -0.2) is 15.0 Å². The van der Waals surface area contributed by atoms with E-state index in [0.29, 0.717) is 5.82 Å². The monoisotopic (exact) mass is 615 g/mol. The van der Waals surface area contributed by atoms with Crippen LogP contribution < -0.4 is 0 Å². The average Bonchev–Trinajstić information content (AvgIpc) is 3.19. The Balaban J connectivity index is 1.21. The quantitative estimate of drug-likeness (QED) is 0.178. The Morgan fingerprint density at radius 2 is 0.875 bits per heavy atom. The fraction of sp³-hybridized carbons (Fsp3) is 0. The molecule has 0 spiro atoms. The minimum absolute atomic E-state index is 0.684. The summed E-state index contributed by atoms with van der Waals surface area (Å²) >= 11 is 0. The molecule has 0 saturated carbocycles. The van der Waals surface area contributed by atoms with Crippen LogP contribution in [-0.4, -0.2) is 24.9 Å². The third-order valence-electron chi connectivity index (χ3n) is 8.23. The Kier molecular flexibility index (Phi) is 7.83. The van der Waals surface area contributed by atoms with Gasteiger partial charge < -0.3 is 0 Å². The Bertz CT molecular complexity index is 2190. The maximum Gasteiger partial charge on any atom is 0.160 e. The Labute approximate surface area is 279 Å². The van der Waals surface area contributed by atoms with Crippen LogP contribution in [-0.2, 0) is 0 Å². The van der Waals surface area contributed by atoms with Gasteiger partial charge in [-0.2, -0.15) is 0 Å². The predicted octanol–water partition coefficient (Wildman–Crippen LogP) is 10.3. The topological polar surface area (TPSA) is 64.5 Å². The first-order valence-corrected chi connectivity index (χ1v) is 15.8. The number of benzene rings is 4. The molecule has 0 unspecified atom stereocenters. The molecule has 0 aliphatic carbocycles. The number of hydrogen-bond donors (Lipinski definition) is 0. The number of hydrogen-bond acceptors (Lipinski definition) is 5. The van der Waals surface area contributed by atoms with Gasteiger partial charge in [0.2, 0.25) is 0 Å². The van der Waals surface area contributed by atoms with Crippen molar-refractivity contribution in [2.45, 2.75) is 0 Å². The van der Waals surface area contributed by atoms with Crippen LogP contribution in [0.1, 0.15) is 0 Å². The van der Waals surface area contributed by atoms with Crippen molar-refractivity contribution in [1.82, 2.24) is 24.9 Å². The van der Waals surface area contributed by atoms with Gasteiger partial charge in [0.15, 0.2) is 5.82 Å². The van der Waals surface area contributed by atoms with Gasteiger partial charge in [0, 0.05) is 34.6 Å².